The van der Waals surface area contributed by atoms with Crippen LogP contribution in [-0.2, 0) is 4.79 Å². The molecule has 1 aliphatic heterocycles. The fraction of sp³-hybridized carbons (Fsp3) is 0.429. The number of ether oxygens (including phenoxy) is 1. The number of para-hydroxylation sites is 2. The van der Waals surface area contributed by atoms with Crippen molar-refractivity contribution in [2.24, 2.45) is 0 Å². The fourth-order valence-corrected chi connectivity index (χ4v) is 3.93. The highest BCUT2D eigenvalue weighted by Gasteiger charge is 2.22. The van der Waals surface area contributed by atoms with Crippen molar-refractivity contribution in [2.75, 3.05) is 44.2 Å². The van der Waals surface area contributed by atoms with Crippen LogP contribution in [0, 0.1) is 0 Å². The number of carbonyl (C=O) groups excluding carboxylic acids is 2. The molecular weight excluding hydrogens is 374 g/mol. The molecule has 3 rings (SSSR count). The number of piperazine rings is 1. The summed E-state index contributed by atoms with van der Waals surface area (Å²) in [5, 5.41) is 4.75. The van der Waals surface area contributed by atoms with Gasteiger partial charge in [0.15, 0.2) is 0 Å². The van der Waals surface area contributed by atoms with Crippen molar-refractivity contribution in [3.05, 3.63) is 46.7 Å². The molecule has 0 unspecified atom stereocenters. The third-order valence-corrected chi connectivity index (χ3v) is 5.60. The van der Waals surface area contributed by atoms with Gasteiger partial charge in [0, 0.05) is 39.1 Å². The molecule has 1 aromatic heterocycles. The Morgan fingerprint density at radius 1 is 1.11 bits per heavy atom. The van der Waals surface area contributed by atoms with Crippen LogP contribution in [0.5, 0.6) is 5.75 Å². The SMILES string of the molecule is CCOc1ccccc1N1CCN(C(=O)CCCNC(=O)c2cccs2)CC1. The van der Waals surface area contributed by atoms with Gasteiger partial charge in [0.2, 0.25) is 5.91 Å². The van der Waals surface area contributed by atoms with Gasteiger partial charge in [0.1, 0.15) is 5.75 Å². The quantitative estimate of drug-likeness (QED) is 0.691. The van der Waals surface area contributed by atoms with Gasteiger partial charge >= 0.3 is 0 Å². The number of carbonyl (C=O) groups is 2. The Morgan fingerprint density at radius 2 is 1.89 bits per heavy atom. The molecule has 1 aliphatic rings. The van der Waals surface area contributed by atoms with Gasteiger partial charge in [0.25, 0.3) is 5.91 Å². The minimum absolute atomic E-state index is 0.0657. The molecule has 7 heteroatoms. The molecule has 28 heavy (non-hydrogen) atoms. The molecule has 2 aromatic rings. The number of rotatable bonds is 8. The van der Waals surface area contributed by atoms with Crippen LogP contribution in [0.3, 0.4) is 0 Å². The van der Waals surface area contributed by atoms with Crippen molar-refractivity contribution < 1.29 is 14.3 Å². The maximum absolute atomic E-state index is 12.5. The number of amides is 2. The molecule has 0 atom stereocenters. The van der Waals surface area contributed by atoms with Gasteiger partial charge in [0.05, 0.1) is 17.2 Å². The molecule has 0 spiro atoms. The Balaban J connectivity index is 1.40. The number of hydrogen-bond donors (Lipinski definition) is 1. The summed E-state index contributed by atoms with van der Waals surface area (Å²) in [6.45, 7) is 6.15. The van der Waals surface area contributed by atoms with Gasteiger partial charge in [-0.25, -0.2) is 0 Å². The highest BCUT2D eigenvalue weighted by molar-refractivity contribution is 7.12. The first-order chi connectivity index (χ1) is 13.7. The largest absolute Gasteiger partial charge is 0.492 e. The van der Waals surface area contributed by atoms with Gasteiger partial charge in [-0.05, 0) is 36.9 Å². The van der Waals surface area contributed by atoms with Crippen LogP contribution in [-0.4, -0.2) is 56.0 Å². The maximum atomic E-state index is 12.5. The van der Waals surface area contributed by atoms with Crippen molar-refractivity contribution in [3.8, 4) is 5.75 Å². The zero-order chi connectivity index (χ0) is 19.8. The van der Waals surface area contributed by atoms with E-state index in [1.165, 1.54) is 11.3 Å². The Hall–Kier alpha value is -2.54. The van der Waals surface area contributed by atoms with E-state index < -0.39 is 0 Å². The summed E-state index contributed by atoms with van der Waals surface area (Å²) in [5.41, 5.74) is 1.09. The average Bonchev–Trinajstić information content (AvgIpc) is 3.27. The minimum Gasteiger partial charge on any atom is -0.492 e. The second-order valence-electron chi connectivity index (χ2n) is 6.61. The maximum Gasteiger partial charge on any atom is 0.261 e. The number of nitrogens with one attached hydrogen (secondary N) is 1. The second-order valence-corrected chi connectivity index (χ2v) is 7.55. The zero-order valence-corrected chi connectivity index (χ0v) is 17.0. The Bertz CT molecular complexity index is 771. The van der Waals surface area contributed by atoms with E-state index in [4.69, 9.17) is 4.74 Å². The molecular formula is C21H27N3O3S. The van der Waals surface area contributed by atoms with E-state index in [-0.39, 0.29) is 11.8 Å². The molecule has 2 amide bonds. The average molecular weight is 402 g/mol. The van der Waals surface area contributed by atoms with Gasteiger partial charge < -0.3 is 19.9 Å². The lowest BCUT2D eigenvalue weighted by Crippen LogP contribution is -2.49. The van der Waals surface area contributed by atoms with Crippen molar-refractivity contribution in [2.45, 2.75) is 19.8 Å². The third-order valence-electron chi connectivity index (χ3n) is 4.74. The molecule has 1 N–H and O–H groups in total. The highest BCUT2D eigenvalue weighted by Crippen LogP contribution is 2.28. The van der Waals surface area contributed by atoms with Crippen LogP contribution >= 0.6 is 11.3 Å². The van der Waals surface area contributed by atoms with Gasteiger partial charge in [-0.3, -0.25) is 9.59 Å². The normalized spacial score (nSPS) is 14.0. The number of nitrogens with zero attached hydrogens (tertiary/aromatic N) is 2. The molecule has 0 aliphatic carbocycles. The zero-order valence-electron chi connectivity index (χ0n) is 16.2. The smallest absolute Gasteiger partial charge is 0.261 e. The highest BCUT2D eigenvalue weighted by atomic mass is 32.1. The van der Waals surface area contributed by atoms with E-state index in [0.29, 0.717) is 44.0 Å². The van der Waals surface area contributed by atoms with E-state index in [0.717, 1.165) is 24.5 Å². The van der Waals surface area contributed by atoms with Crippen molar-refractivity contribution in [3.63, 3.8) is 0 Å². The molecule has 1 aromatic carbocycles. The molecule has 2 heterocycles. The molecule has 1 saturated heterocycles. The lowest BCUT2D eigenvalue weighted by molar-refractivity contribution is -0.131. The van der Waals surface area contributed by atoms with Crippen LogP contribution in [0.2, 0.25) is 0 Å². The van der Waals surface area contributed by atoms with Crippen molar-refractivity contribution >= 4 is 28.8 Å². The monoisotopic (exact) mass is 401 g/mol. The van der Waals surface area contributed by atoms with E-state index in [2.05, 4.69) is 16.3 Å². The lowest BCUT2D eigenvalue weighted by atomic mass is 10.2. The van der Waals surface area contributed by atoms with Crippen molar-refractivity contribution in [1.82, 2.24) is 10.2 Å². The number of hydrogen-bond acceptors (Lipinski definition) is 5. The molecule has 0 saturated carbocycles. The predicted molar refractivity (Wildman–Crippen MR) is 112 cm³/mol. The Morgan fingerprint density at radius 3 is 2.61 bits per heavy atom. The third kappa shape index (κ3) is 5.25. The summed E-state index contributed by atoms with van der Waals surface area (Å²) in [6, 6.07) is 11.7. The summed E-state index contributed by atoms with van der Waals surface area (Å²) in [7, 11) is 0. The summed E-state index contributed by atoms with van der Waals surface area (Å²) in [5.74, 6) is 0.985. The van der Waals surface area contributed by atoms with Gasteiger partial charge in [-0.15, -0.1) is 11.3 Å². The van der Waals surface area contributed by atoms with Crippen LogP contribution in [0.15, 0.2) is 41.8 Å². The van der Waals surface area contributed by atoms with Crippen LogP contribution in [0.1, 0.15) is 29.4 Å². The molecule has 6 nitrogen and oxygen atoms in total. The van der Waals surface area contributed by atoms with Crippen LogP contribution in [0.25, 0.3) is 0 Å². The first kappa shape index (κ1) is 20.2. The number of anilines is 1. The van der Waals surface area contributed by atoms with E-state index in [9.17, 15) is 9.59 Å². The second kappa shape index (κ2) is 10.1. The molecule has 0 bridgehead atoms. The summed E-state index contributed by atoms with van der Waals surface area (Å²) >= 11 is 1.42. The van der Waals surface area contributed by atoms with E-state index in [1.807, 2.05) is 41.5 Å². The molecule has 0 radical (unpaired) electrons. The fourth-order valence-electron chi connectivity index (χ4n) is 3.29. The standard InChI is InChI=1S/C21H27N3O3S/c1-2-27-18-8-4-3-7-17(18)23-12-14-24(15-13-23)20(25)10-5-11-22-21(26)19-9-6-16-28-19/h3-4,6-9,16H,2,5,10-15H2,1H3,(H,22,26). The number of thiophene rings is 1. The first-order valence-corrected chi connectivity index (χ1v) is 10.6. The lowest BCUT2D eigenvalue weighted by Gasteiger charge is -2.36. The van der Waals surface area contributed by atoms with Gasteiger partial charge in [-0.1, -0.05) is 18.2 Å². The van der Waals surface area contributed by atoms with Crippen LogP contribution < -0.4 is 15.0 Å². The predicted octanol–water partition coefficient (Wildman–Crippen LogP) is 3.01. The van der Waals surface area contributed by atoms with Gasteiger partial charge in [-0.2, -0.15) is 0 Å². The topological polar surface area (TPSA) is 61.9 Å². The Kier molecular flexibility index (Phi) is 7.31. The van der Waals surface area contributed by atoms with E-state index in [1.54, 1.807) is 6.07 Å². The van der Waals surface area contributed by atoms with Crippen LogP contribution in [0.4, 0.5) is 5.69 Å². The molecule has 1 fully saturated rings. The molecule has 150 valence electrons. The minimum atomic E-state index is -0.0657. The number of benzene rings is 1. The Labute approximate surface area is 170 Å². The first-order valence-electron chi connectivity index (χ1n) is 9.75. The van der Waals surface area contributed by atoms with E-state index >= 15 is 0 Å². The summed E-state index contributed by atoms with van der Waals surface area (Å²) in [4.78, 5) is 29.2. The summed E-state index contributed by atoms with van der Waals surface area (Å²) in [6.07, 6.45) is 1.11. The van der Waals surface area contributed by atoms with Crippen molar-refractivity contribution in [1.29, 1.82) is 0 Å². The summed E-state index contributed by atoms with van der Waals surface area (Å²) < 4.78 is 5.72.